The molecule has 0 unspecified atom stereocenters. The van der Waals surface area contributed by atoms with Crippen molar-refractivity contribution in [3.8, 4) is 34.3 Å². The lowest BCUT2D eigenvalue weighted by Crippen LogP contribution is -2.56. The lowest BCUT2D eigenvalue weighted by atomic mass is 10.1. The molecule has 5 rings (SSSR count). The molecule has 2 fully saturated rings. The van der Waals surface area contributed by atoms with Crippen LogP contribution in [0.1, 0.15) is 0 Å². The van der Waals surface area contributed by atoms with Crippen LogP contribution in [0, 0.1) is 0 Å². The van der Waals surface area contributed by atoms with E-state index in [0.29, 0.717) is 0 Å². The molecule has 0 aliphatic carbocycles. The lowest BCUT2D eigenvalue weighted by Gasteiger charge is -2.37. The molecule has 1 aromatic heterocycles. The number of hydrogen-bond acceptors (Lipinski definition) is 14. The lowest BCUT2D eigenvalue weighted by molar-refractivity contribution is -0.298. The van der Waals surface area contributed by atoms with Crippen LogP contribution in [0.5, 0.6) is 23.0 Å². The first kappa shape index (κ1) is 27.1. The summed E-state index contributed by atoms with van der Waals surface area (Å²) in [5.41, 5.74) is -0.844. The van der Waals surface area contributed by atoms with Crippen LogP contribution in [-0.2, 0) is 14.2 Å². The van der Waals surface area contributed by atoms with Crippen LogP contribution >= 0.6 is 0 Å². The number of phenols is 3. The number of phenolic OH excluding ortho intramolecular Hbond substituents is 3. The Morgan fingerprint density at radius 2 is 1.62 bits per heavy atom. The van der Waals surface area contributed by atoms with E-state index < -0.39 is 79.3 Å². The molecule has 2 aromatic carbocycles. The van der Waals surface area contributed by atoms with Crippen LogP contribution in [-0.4, -0.2) is 103 Å². The third-order valence-corrected chi connectivity index (χ3v) is 6.50. The van der Waals surface area contributed by atoms with Gasteiger partial charge in [-0.1, -0.05) is 0 Å². The van der Waals surface area contributed by atoms with Crippen molar-refractivity contribution in [2.75, 3.05) is 13.2 Å². The van der Waals surface area contributed by atoms with E-state index in [1.807, 2.05) is 0 Å². The maximum Gasteiger partial charge on any atom is 0.239 e. The Hall–Kier alpha value is -3.47. The molecule has 2 aliphatic rings. The summed E-state index contributed by atoms with van der Waals surface area (Å²) in [5.74, 6) is -1.79. The van der Waals surface area contributed by atoms with Gasteiger partial charge < -0.3 is 64.2 Å². The highest BCUT2D eigenvalue weighted by Gasteiger charge is 2.50. The number of rotatable bonds is 6. The summed E-state index contributed by atoms with van der Waals surface area (Å²) >= 11 is 0. The van der Waals surface area contributed by atoms with E-state index in [4.69, 9.17) is 23.4 Å². The SMILES string of the molecule is O=c1c(O[C@@H]2O[C@@H](CO)[C@@H](O)[C@H]2O[C@@H]2OC[C@@H](O)[C@@H](O)[C@H]2O)c(-c2ccc(O)cc2)oc2cc(O)cc(O)c12. The smallest absolute Gasteiger partial charge is 0.239 e. The van der Waals surface area contributed by atoms with E-state index in [-0.39, 0.29) is 33.8 Å². The Morgan fingerprint density at radius 3 is 2.31 bits per heavy atom. The van der Waals surface area contributed by atoms with Gasteiger partial charge >= 0.3 is 0 Å². The summed E-state index contributed by atoms with van der Waals surface area (Å²) in [6.07, 6.45) is -12.2. The average molecular weight is 550 g/mol. The number of ether oxygens (including phenoxy) is 4. The Bertz CT molecular complexity index is 1390. The van der Waals surface area contributed by atoms with E-state index in [2.05, 4.69) is 0 Å². The van der Waals surface area contributed by atoms with Crippen molar-refractivity contribution in [3.05, 3.63) is 46.6 Å². The van der Waals surface area contributed by atoms with Gasteiger partial charge in [0.1, 0.15) is 58.7 Å². The van der Waals surface area contributed by atoms with Gasteiger partial charge in [0.25, 0.3) is 0 Å². The molecule has 14 heteroatoms. The zero-order chi connectivity index (χ0) is 28.0. The van der Waals surface area contributed by atoms with E-state index in [9.17, 15) is 45.6 Å². The monoisotopic (exact) mass is 550 g/mol. The fourth-order valence-corrected chi connectivity index (χ4v) is 4.44. The van der Waals surface area contributed by atoms with Gasteiger partial charge in [0.15, 0.2) is 18.2 Å². The van der Waals surface area contributed by atoms with Crippen molar-refractivity contribution < 1.29 is 64.2 Å². The summed E-state index contributed by atoms with van der Waals surface area (Å²) in [4.78, 5) is 13.6. The summed E-state index contributed by atoms with van der Waals surface area (Å²) in [6.45, 7) is -1.08. The van der Waals surface area contributed by atoms with Gasteiger partial charge in [-0.25, -0.2) is 0 Å². The number of aliphatic hydroxyl groups excluding tert-OH is 5. The molecule has 14 nitrogen and oxygen atoms in total. The summed E-state index contributed by atoms with van der Waals surface area (Å²) in [5, 5.41) is 80.0. The minimum absolute atomic E-state index is 0.0838. The predicted octanol–water partition coefficient (Wildman–Crippen LogP) is -1.14. The minimum Gasteiger partial charge on any atom is -0.508 e. The topological polar surface area (TPSA) is 229 Å². The van der Waals surface area contributed by atoms with Crippen LogP contribution in [0.3, 0.4) is 0 Å². The second-order valence-corrected chi connectivity index (χ2v) is 9.16. The van der Waals surface area contributed by atoms with Crippen molar-refractivity contribution in [2.24, 2.45) is 0 Å². The van der Waals surface area contributed by atoms with E-state index in [1.54, 1.807) is 0 Å². The highest BCUT2D eigenvalue weighted by atomic mass is 16.8. The molecule has 0 spiro atoms. The van der Waals surface area contributed by atoms with Crippen LogP contribution in [0.4, 0.5) is 0 Å². The molecule has 0 saturated carbocycles. The molecule has 8 atom stereocenters. The number of aliphatic hydroxyl groups is 5. The molecular formula is C25H26O14. The van der Waals surface area contributed by atoms with Crippen LogP contribution in [0.25, 0.3) is 22.3 Å². The molecular weight excluding hydrogens is 524 g/mol. The molecule has 39 heavy (non-hydrogen) atoms. The fourth-order valence-electron chi connectivity index (χ4n) is 4.44. The molecule has 0 bridgehead atoms. The summed E-state index contributed by atoms with van der Waals surface area (Å²) in [7, 11) is 0. The average Bonchev–Trinajstić information content (AvgIpc) is 3.19. The standard InChI is InChI=1S/C25H26O14/c26-7-15-18(32)23(39-24-20(34)17(31)13(30)8-35-24)25(37-15)38-22-19(33)16-12(29)5-11(28)6-14(16)36-21(22)9-1-3-10(27)4-2-9/h1-6,13,15,17-18,20,23-32,34H,7-8H2/t13-,15+,17-,18-,20-,23-,24+,25+/m1/s1. The highest BCUT2D eigenvalue weighted by molar-refractivity contribution is 5.88. The number of benzene rings is 2. The Balaban J connectivity index is 1.57. The van der Waals surface area contributed by atoms with Gasteiger partial charge in [-0.3, -0.25) is 4.79 Å². The first-order valence-corrected chi connectivity index (χ1v) is 11.8. The first-order chi connectivity index (χ1) is 18.6. The number of aromatic hydroxyl groups is 3. The number of hydrogen-bond donors (Lipinski definition) is 8. The van der Waals surface area contributed by atoms with Crippen molar-refractivity contribution in [1.29, 1.82) is 0 Å². The Morgan fingerprint density at radius 1 is 0.897 bits per heavy atom. The molecule has 2 aliphatic heterocycles. The van der Waals surface area contributed by atoms with Gasteiger partial charge in [0.05, 0.1) is 13.2 Å². The van der Waals surface area contributed by atoms with Crippen LogP contribution < -0.4 is 10.2 Å². The molecule has 8 N–H and O–H groups in total. The van der Waals surface area contributed by atoms with Crippen LogP contribution in [0.2, 0.25) is 0 Å². The van der Waals surface area contributed by atoms with Crippen molar-refractivity contribution in [2.45, 2.75) is 49.2 Å². The second kappa shape index (κ2) is 10.6. The quantitative estimate of drug-likeness (QED) is 0.181. The first-order valence-electron chi connectivity index (χ1n) is 11.8. The third kappa shape index (κ3) is 4.99. The third-order valence-electron chi connectivity index (χ3n) is 6.50. The van der Waals surface area contributed by atoms with Gasteiger partial charge in [-0.2, -0.15) is 0 Å². The highest BCUT2D eigenvalue weighted by Crippen LogP contribution is 2.38. The molecule has 3 heterocycles. The minimum atomic E-state index is -1.72. The van der Waals surface area contributed by atoms with Crippen LogP contribution in [0.15, 0.2) is 45.6 Å². The van der Waals surface area contributed by atoms with E-state index >= 15 is 0 Å². The van der Waals surface area contributed by atoms with Gasteiger partial charge in [-0.05, 0) is 24.3 Å². The maximum absolute atomic E-state index is 13.6. The zero-order valence-electron chi connectivity index (χ0n) is 20.0. The Kier molecular flexibility index (Phi) is 7.37. The molecule has 0 amide bonds. The van der Waals surface area contributed by atoms with Crippen molar-refractivity contribution in [3.63, 3.8) is 0 Å². The maximum atomic E-state index is 13.6. The van der Waals surface area contributed by atoms with E-state index in [1.165, 1.54) is 24.3 Å². The summed E-state index contributed by atoms with van der Waals surface area (Å²) in [6, 6.07) is 7.47. The summed E-state index contributed by atoms with van der Waals surface area (Å²) < 4.78 is 28.1. The zero-order valence-corrected chi connectivity index (χ0v) is 20.0. The van der Waals surface area contributed by atoms with E-state index in [0.717, 1.165) is 12.1 Å². The van der Waals surface area contributed by atoms with Gasteiger partial charge in [0.2, 0.25) is 17.5 Å². The van der Waals surface area contributed by atoms with Gasteiger partial charge in [-0.15, -0.1) is 0 Å². The molecule has 3 aromatic rings. The largest absolute Gasteiger partial charge is 0.508 e. The normalized spacial score (nSPS) is 31.0. The molecule has 0 radical (unpaired) electrons. The fraction of sp³-hybridized carbons (Fsp3) is 0.400. The van der Waals surface area contributed by atoms with Crippen molar-refractivity contribution >= 4 is 11.0 Å². The number of fused-ring (bicyclic) bond motifs is 1. The Labute approximate surface area is 219 Å². The molecule has 210 valence electrons. The second-order valence-electron chi connectivity index (χ2n) is 9.16. The van der Waals surface area contributed by atoms with Gasteiger partial charge in [0, 0.05) is 17.7 Å². The molecule has 2 saturated heterocycles. The predicted molar refractivity (Wildman–Crippen MR) is 128 cm³/mol. The van der Waals surface area contributed by atoms with Crippen molar-refractivity contribution in [1.82, 2.24) is 0 Å².